The van der Waals surface area contributed by atoms with Crippen LogP contribution in [0.4, 0.5) is 0 Å². The third-order valence-corrected chi connectivity index (χ3v) is 5.15. The van der Waals surface area contributed by atoms with E-state index in [9.17, 15) is 4.79 Å². The fourth-order valence-corrected chi connectivity index (χ4v) is 3.70. The van der Waals surface area contributed by atoms with Crippen molar-refractivity contribution in [1.29, 1.82) is 0 Å². The number of carbonyl (C=O) groups is 1. The summed E-state index contributed by atoms with van der Waals surface area (Å²) in [6, 6.07) is 0. The smallest absolute Gasteiger partial charge is 0.230 e. The molecule has 0 aromatic carbocycles. The van der Waals surface area contributed by atoms with E-state index in [1.807, 2.05) is 34.9 Å². The molecule has 1 aliphatic carbocycles. The lowest BCUT2D eigenvalue weighted by atomic mass is 9.85. The number of aliphatic imine (C=N–C) groups is 1. The number of hydrogen-bond acceptors (Lipinski definition) is 4. The summed E-state index contributed by atoms with van der Waals surface area (Å²) in [5.74, 6) is 1.83. The van der Waals surface area contributed by atoms with Gasteiger partial charge in [0.05, 0.1) is 17.7 Å². The van der Waals surface area contributed by atoms with E-state index < -0.39 is 0 Å². The van der Waals surface area contributed by atoms with Crippen LogP contribution in [0.1, 0.15) is 49.6 Å². The molecule has 1 amide bonds. The number of nitrogens with one attached hydrogen (secondary N) is 2. The van der Waals surface area contributed by atoms with E-state index in [0.29, 0.717) is 6.54 Å². The van der Waals surface area contributed by atoms with Crippen molar-refractivity contribution in [3.8, 4) is 0 Å². The Labute approximate surface area is 156 Å². The third kappa shape index (κ3) is 4.77. The summed E-state index contributed by atoms with van der Waals surface area (Å²) in [5.41, 5.74) is 1.74. The summed E-state index contributed by atoms with van der Waals surface area (Å²) in [7, 11) is 3.67. The molecule has 0 radical (unpaired) electrons. The minimum atomic E-state index is -0.340. The SMILES string of the molecule is CCNC(=NCC1(C(=O)N(C)C)CCCC1)NCCc1c(C)noc1C. The molecule has 0 spiro atoms. The Morgan fingerprint density at radius 2 is 1.96 bits per heavy atom. The topological polar surface area (TPSA) is 82.8 Å². The maximum absolute atomic E-state index is 12.7. The molecule has 1 aromatic heterocycles. The Morgan fingerprint density at radius 1 is 1.27 bits per heavy atom. The van der Waals surface area contributed by atoms with Gasteiger partial charge in [0.15, 0.2) is 5.96 Å². The van der Waals surface area contributed by atoms with Gasteiger partial charge in [-0.3, -0.25) is 9.79 Å². The number of guanidine groups is 1. The molecular weight excluding hydrogens is 330 g/mol. The van der Waals surface area contributed by atoms with Crippen molar-refractivity contribution in [2.75, 3.05) is 33.7 Å². The van der Waals surface area contributed by atoms with Crippen LogP contribution in [0.5, 0.6) is 0 Å². The molecule has 0 saturated heterocycles. The quantitative estimate of drug-likeness (QED) is 0.572. The van der Waals surface area contributed by atoms with Gasteiger partial charge in [0, 0.05) is 32.7 Å². The van der Waals surface area contributed by atoms with E-state index >= 15 is 0 Å². The molecule has 26 heavy (non-hydrogen) atoms. The largest absolute Gasteiger partial charge is 0.361 e. The van der Waals surface area contributed by atoms with E-state index in [0.717, 1.165) is 68.2 Å². The summed E-state index contributed by atoms with van der Waals surface area (Å²) < 4.78 is 5.21. The lowest BCUT2D eigenvalue weighted by molar-refractivity contribution is -0.138. The lowest BCUT2D eigenvalue weighted by Gasteiger charge is -2.29. The summed E-state index contributed by atoms with van der Waals surface area (Å²) >= 11 is 0. The van der Waals surface area contributed by atoms with E-state index in [-0.39, 0.29) is 11.3 Å². The molecule has 146 valence electrons. The zero-order valence-electron chi connectivity index (χ0n) is 16.8. The molecule has 1 aromatic rings. The van der Waals surface area contributed by atoms with E-state index in [1.165, 1.54) is 0 Å². The molecule has 7 heteroatoms. The van der Waals surface area contributed by atoms with Gasteiger partial charge in [-0.25, -0.2) is 0 Å². The highest BCUT2D eigenvalue weighted by atomic mass is 16.5. The van der Waals surface area contributed by atoms with Gasteiger partial charge in [-0.15, -0.1) is 0 Å². The van der Waals surface area contributed by atoms with Crippen molar-refractivity contribution in [2.45, 2.75) is 52.9 Å². The first-order valence-electron chi connectivity index (χ1n) is 9.55. The van der Waals surface area contributed by atoms with Gasteiger partial charge in [0.25, 0.3) is 0 Å². The van der Waals surface area contributed by atoms with Crippen LogP contribution in [-0.2, 0) is 11.2 Å². The average molecular weight is 364 g/mol. The molecule has 0 bridgehead atoms. The maximum atomic E-state index is 12.7. The number of hydrogen-bond donors (Lipinski definition) is 2. The van der Waals surface area contributed by atoms with Crippen LogP contribution in [0.15, 0.2) is 9.52 Å². The van der Waals surface area contributed by atoms with Gasteiger partial charge in [-0.1, -0.05) is 18.0 Å². The number of amides is 1. The highest BCUT2D eigenvalue weighted by Gasteiger charge is 2.42. The number of nitrogens with zero attached hydrogens (tertiary/aromatic N) is 3. The van der Waals surface area contributed by atoms with E-state index in [2.05, 4.69) is 15.8 Å². The van der Waals surface area contributed by atoms with Crippen LogP contribution in [0.25, 0.3) is 0 Å². The number of carbonyl (C=O) groups excluding carboxylic acids is 1. The Bertz CT molecular complexity index is 610. The van der Waals surface area contributed by atoms with Gasteiger partial charge in [-0.05, 0) is 40.0 Å². The van der Waals surface area contributed by atoms with Crippen molar-refractivity contribution in [1.82, 2.24) is 20.7 Å². The predicted octanol–water partition coefficient (Wildman–Crippen LogP) is 2.04. The van der Waals surface area contributed by atoms with Crippen molar-refractivity contribution in [3.05, 3.63) is 17.0 Å². The molecule has 0 aliphatic heterocycles. The van der Waals surface area contributed by atoms with Gasteiger partial charge in [0.1, 0.15) is 5.76 Å². The Kier molecular flexibility index (Phi) is 7.06. The van der Waals surface area contributed by atoms with Crippen LogP contribution in [0.2, 0.25) is 0 Å². The first-order valence-corrected chi connectivity index (χ1v) is 9.55. The van der Waals surface area contributed by atoms with E-state index in [1.54, 1.807) is 4.90 Å². The van der Waals surface area contributed by atoms with Crippen LogP contribution in [0.3, 0.4) is 0 Å². The second kappa shape index (κ2) is 9.05. The fourth-order valence-electron chi connectivity index (χ4n) is 3.70. The number of aryl methyl sites for hydroxylation is 2. The second-order valence-corrected chi connectivity index (χ2v) is 7.36. The Balaban J connectivity index is 2.00. The molecule has 1 fully saturated rings. The third-order valence-electron chi connectivity index (χ3n) is 5.15. The van der Waals surface area contributed by atoms with Crippen molar-refractivity contribution in [3.63, 3.8) is 0 Å². The minimum absolute atomic E-state index is 0.199. The van der Waals surface area contributed by atoms with E-state index in [4.69, 9.17) is 9.52 Å². The second-order valence-electron chi connectivity index (χ2n) is 7.36. The predicted molar refractivity (Wildman–Crippen MR) is 103 cm³/mol. The van der Waals surface area contributed by atoms with Gasteiger partial charge in [0.2, 0.25) is 5.91 Å². The normalized spacial score (nSPS) is 16.6. The van der Waals surface area contributed by atoms with Gasteiger partial charge >= 0.3 is 0 Å². The standard InChI is InChI=1S/C19H33N5O2/c1-6-20-18(21-12-9-16-14(2)23-26-15(16)3)22-13-19(10-7-8-11-19)17(25)24(4)5/h6-13H2,1-5H3,(H2,20,21,22). The summed E-state index contributed by atoms with van der Waals surface area (Å²) in [4.78, 5) is 19.1. The summed E-state index contributed by atoms with van der Waals surface area (Å²) in [6.45, 7) is 7.99. The monoisotopic (exact) mass is 363 g/mol. The molecule has 0 atom stereocenters. The molecule has 0 unspecified atom stereocenters. The molecule has 2 rings (SSSR count). The molecular formula is C19H33N5O2. The van der Waals surface area contributed by atoms with Crippen molar-refractivity contribution < 1.29 is 9.32 Å². The van der Waals surface area contributed by atoms with Gasteiger partial charge < -0.3 is 20.1 Å². The van der Waals surface area contributed by atoms with Crippen molar-refractivity contribution >= 4 is 11.9 Å². The summed E-state index contributed by atoms with van der Waals surface area (Å²) in [5, 5.41) is 10.6. The zero-order valence-corrected chi connectivity index (χ0v) is 16.8. The Morgan fingerprint density at radius 3 is 2.50 bits per heavy atom. The highest BCUT2D eigenvalue weighted by molar-refractivity contribution is 5.84. The number of aromatic nitrogens is 1. The van der Waals surface area contributed by atoms with Crippen LogP contribution in [0, 0.1) is 19.3 Å². The lowest BCUT2D eigenvalue weighted by Crippen LogP contribution is -2.43. The molecule has 1 saturated carbocycles. The molecule has 2 N–H and O–H groups in total. The zero-order chi connectivity index (χ0) is 19.2. The van der Waals surface area contributed by atoms with Crippen LogP contribution >= 0.6 is 0 Å². The summed E-state index contributed by atoms with van der Waals surface area (Å²) in [6.07, 6.45) is 4.88. The number of rotatable bonds is 7. The fraction of sp³-hybridized carbons (Fsp3) is 0.737. The van der Waals surface area contributed by atoms with Crippen molar-refractivity contribution in [2.24, 2.45) is 10.4 Å². The molecule has 1 aliphatic rings. The first kappa shape index (κ1) is 20.3. The molecule has 1 heterocycles. The highest BCUT2D eigenvalue weighted by Crippen LogP contribution is 2.39. The maximum Gasteiger partial charge on any atom is 0.230 e. The van der Waals surface area contributed by atoms with Gasteiger partial charge in [-0.2, -0.15) is 0 Å². The van der Waals surface area contributed by atoms with Crippen LogP contribution in [-0.4, -0.2) is 55.7 Å². The van der Waals surface area contributed by atoms with Crippen LogP contribution < -0.4 is 10.6 Å². The first-order chi connectivity index (χ1) is 12.4. The minimum Gasteiger partial charge on any atom is -0.361 e. The molecule has 7 nitrogen and oxygen atoms in total. The average Bonchev–Trinajstić information content (AvgIpc) is 3.21. The Hall–Kier alpha value is -2.05.